The number of thioether (sulfide) groups is 1. The van der Waals surface area contributed by atoms with Gasteiger partial charge in [0.2, 0.25) is 0 Å². The van der Waals surface area contributed by atoms with Crippen molar-refractivity contribution in [1.82, 2.24) is 9.88 Å². The maximum Gasteiger partial charge on any atom is 0.417 e. The average molecular weight is 304 g/mol. The van der Waals surface area contributed by atoms with Crippen LogP contribution in [0.3, 0.4) is 0 Å². The first-order valence-corrected chi connectivity index (χ1v) is 8.51. The number of aromatic nitrogens is 1. The maximum absolute atomic E-state index is 11.3. The van der Waals surface area contributed by atoms with Crippen LogP contribution in [0.2, 0.25) is 0 Å². The number of aromatic amines is 1. The van der Waals surface area contributed by atoms with Crippen molar-refractivity contribution in [2.45, 2.75) is 54.8 Å². The molecule has 21 heavy (non-hydrogen) atoms. The average Bonchev–Trinajstić information content (AvgIpc) is 2.90. The van der Waals surface area contributed by atoms with Crippen LogP contribution < -0.4 is 5.76 Å². The van der Waals surface area contributed by atoms with Crippen LogP contribution in [-0.4, -0.2) is 34.3 Å². The molecule has 2 atom stereocenters. The smallest absolute Gasteiger partial charge is 0.408 e. The van der Waals surface area contributed by atoms with E-state index < -0.39 is 0 Å². The van der Waals surface area contributed by atoms with Gasteiger partial charge in [0.15, 0.2) is 5.58 Å². The number of piperidine rings is 1. The lowest BCUT2D eigenvalue weighted by atomic mass is 10.0. The number of benzene rings is 1. The molecule has 2 aliphatic heterocycles. The molecule has 2 fully saturated rings. The predicted molar refractivity (Wildman–Crippen MR) is 85.0 cm³/mol. The largest absolute Gasteiger partial charge is 0.417 e. The molecular weight excluding hydrogens is 284 g/mol. The standard InChI is InChI=1S/C16H20N2O2S/c1-9-14(6-5-13-15(9)20-16(19)17-13)21-12-7-10-3-4-11(8-12)18(10)2/h5-6,10-12H,3-4,7-8H2,1-2H3,(H,17,19). The number of rotatable bonds is 2. The highest BCUT2D eigenvalue weighted by molar-refractivity contribution is 8.00. The lowest BCUT2D eigenvalue weighted by molar-refractivity contribution is 0.183. The van der Waals surface area contributed by atoms with E-state index in [9.17, 15) is 4.79 Å². The van der Waals surface area contributed by atoms with Crippen molar-refractivity contribution in [2.24, 2.45) is 0 Å². The van der Waals surface area contributed by atoms with Gasteiger partial charge >= 0.3 is 5.76 Å². The molecule has 1 aromatic heterocycles. The molecule has 2 saturated heterocycles. The fourth-order valence-electron chi connectivity index (χ4n) is 3.90. The van der Waals surface area contributed by atoms with Crippen molar-refractivity contribution >= 4 is 22.9 Å². The first kappa shape index (κ1) is 13.5. The normalized spacial score (nSPS) is 29.3. The van der Waals surface area contributed by atoms with Gasteiger partial charge in [-0.05, 0) is 51.8 Å². The summed E-state index contributed by atoms with van der Waals surface area (Å²) in [6.07, 6.45) is 5.24. The molecule has 4 rings (SSSR count). The third-order valence-electron chi connectivity index (χ3n) is 5.14. The van der Waals surface area contributed by atoms with Crippen LogP contribution in [0, 0.1) is 6.92 Å². The summed E-state index contributed by atoms with van der Waals surface area (Å²) in [4.78, 5) is 17.9. The fourth-order valence-corrected chi connectivity index (χ4v) is 5.31. The molecule has 4 nitrogen and oxygen atoms in total. The van der Waals surface area contributed by atoms with Crippen LogP contribution in [0.4, 0.5) is 0 Å². The van der Waals surface area contributed by atoms with Crippen molar-refractivity contribution in [1.29, 1.82) is 0 Å². The highest BCUT2D eigenvalue weighted by Crippen LogP contribution is 2.42. The molecular formula is C16H20N2O2S. The summed E-state index contributed by atoms with van der Waals surface area (Å²) >= 11 is 1.96. The molecule has 2 unspecified atom stereocenters. The Labute approximate surface area is 127 Å². The lowest BCUT2D eigenvalue weighted by Crippen LogP contribution is -2.40. The van der Waals surface area contributed by atoms with Gasteiger partial charge in [-0.3, -0.25) is 4.98 Å². The van der Waals surface area contributed by atoms with Crippen LogP contribution in [0.25, 0.3) is 11.1 Å². The monoisotopic (exact) mass is 304 g/mol. The Hall–Kier alpha value is -1.20. The predicted octanol–water partition coefficient (Wildman–Crippen LogP) is 3.15. The van der Waals surface area contributed by atoms with Crippen LogP contribution in [0.15, 0.2) is 26.2 Å². The SMILES string of the molecule is Cc1c(SC2CC3CCC(C2)N3C)ccc2[nH]c(=O)oc12. The van der Waals surface area contributed by atoms with Gasteiger partial charge in [-0.2, -0.15) is 0 Å². The third kappa shape index (κ3) is 2.23. The van der Waals surface area contributed by atoms with E-state index in [4.69, 9.17) is 4.42 Å². The number of hydrogen-bond acceptors (Lipinski definition) is 4. The number of H-pyrrole nitrogens is 1. The molecule has 0 saturated carbocycles. The summed E-state index contributed by atoms with van der Waals surface area (Å²) in [6.45, 7) is 2.05. The molecule has 1 aromatic carbocycles. The van der Waals surface area contributed by atoms with E-state index >= 15 is 0 Å². The molecule has 2 aliphatic rings. The van der Waals surface area contributed by atoms with Gasteiger partial charge in [-0.25, -0.2) is 4.79 Å². The summed E-state index contributed by atoms with van der Waals surface area (Å²) in [5, 5.41) is 0.681. The minimum absolute atomic E-state index is 0.368. The Morgan fingerprint density at radius 1 is 1.29 bits per heavy atom. The fraction of sp³-hybridized carbons (Fsp3) is 0.562. The van der Waals surface area contributed by atoms with Gasteiger partial charge in [-0.1, -0.05) is 0 Å². The Morgan fingerprint density at radius 3 is 2.71 bits per heavy atom. The first-order valence-electron chi connectivity index (χ1n) is 7.63. The van der Waals surface area contributed by atoms with E-state index in [1.54, 1.807) is 0 Å². The van der Waals surface area contributed by atoms with Crippen LogP contribution in [0.1, 0.15) is 31.2 Å². The van der Waals surface area contributed by atoms with Gasteiger partial charge in [0, 0.05) is 27.8 Å². The molecule has 2 bridgehead atoms. The zero-order valence-corrected chi connectivity index (χ0v) is 13.2. The number of nitrogens with zero attached hydrogens (tertiary/aromatic N) is 1. The molecule has 0 spiro atoms. The summed E-state index contributed by atoms with van der Waals surface area (Å²) in [5.74, 6) is -0.368. The molecule has 0 aliphatic carbocycles. The zero-order valence-electron chi connectivity index (χ0n) is 12.4. The van der Waals surface area contributed by atoms with Gasteiger partial charge in [0.05, 0.1) is 5.52 Å². The van der Waals surface area contributed by atoms with Crippen molar-refractivity contribution in [3.8, 4) is 0 Å². The van der Waals surface area contributed by atoms with Crippen molar-refractivity contribution < 1.29 is 4.42 Å². The Morgan fingerprint density at radius 2 is 2.00 bits per heavy atom. The topological polar surface area (TPSA) is 49.2 Å². The number of aryl methyl sites for hydroxylation is 1. The van der Waals surface area contributed by atoms with Crippen LogP contribution >= 0.6 is 11.8 Å². The molecule has 2 aromatic rings. The van der Waals surface area contributed by atoms with E-state index in [0.29, 0.717) is 10.8 Å². The molecule has 0 radical (unpaired) electrons. The van der Waals surface area contributed by atoms with Crippen LogP contribution in [0.5, 0.6) is 0 Å². The molecule has 1 N–H and O–H groups in total. The van der Waals surface area contributed by atoms with Gasteiger partial charge in [0.25, 0.3) is 0 Å². The summed E-state index contributed by atoms with van der Waals surface area (Å²) in [6, 6.07) is 5.60. The Bertz CT molecular complexity index is 721. The zero-order chi connectivity index (χ0) is 14.6. The highest BCUT2D eigenvalue weighted by atomic mass is 32.2. The van der Waals surface area contributed by atoms with Crippen molar-refractivity contribution in [2.75, 3.05) is 7.05 Å². The summed E-state index contributed by atoms with van der Waals surface area (Å²) in [7, 11) is 2.27. The first-order chi connectivity index (χ1) is 10.1. The van der Waals surface area contributed by atoms with E-state index in [2.05, 4.69) is 23.0 Å². The van der Waals surface area contributed by atoms with E-state index in [1.807, 2.05) is 24.8 Å². The molecule has 5 heteroatoms. The van der Waals surface area contributed by atoms with Gasteiger partial charge in [-0.15, -0.1) is 11.8 Å². The minimum atomic E-state index is -0.368. The second-order valence-corrected chi connectivity index (χ2v) is 7.68. The van der Waals surface area contributed by atoms with Crippen molar-refractivity contribution in [3.05, 3.63) is 28.2 Å². The second-order valence-electron chi connectivity index (χ2n) is 6.34. The molecule has 0 amide bonds. The van der Waals surface area contributed by atoms with Crippen LogP contribution in [-0.2, 0) is 0 Å². The third-order valence-corrected chi connectivity index (χ3v) is 6.55. The number of oxazole rings is 1. The van der Waals surface area contributed by atoms with Crippen molar-refractivity contribution in [3.63, 3.8) is 0 Å². The Balaban J connectivity index is 1.60. The highest BCUT2D eigenvalue weighted by Gasteiger charge is 2.38. The second kappa shape index (κ2) is 4.92. The van der Waals surface area contributed by atoms with E-state index in [0.717, 1.165) is 23.2 Å². The quantitative estimate of drug-likeness (QED) is 0.926. The molecule has 3 heterocycles. The van der Waals surface area contributed by atoms with Gasteiger partial charge in [0.1, 0.15) is 0 Å². The molecule has 112 valence electrons. The summed E-state index contributed by atoms with van der Waals surface area (Å²) < 4.78 is 5.27. The lowest BCUT2D eigenvalue weighted by Gasteiger charge is -2.36. The summed E-state index contributed by atoms with van der Waals surface area (Å²) in [5.41, 5.74) is 2.59. The number of nitrogens with one attached hydrogen (secondary N) is 1. The van der Waals surface area contributed by atoms with E-state index in [-0.39, 0.29) is 5.76 Å². The minimum Gasteiger partial charge on any atom is -0.408 e. The Kier molecular flexibility index (Phi) is 3.15. The maximum atomic E-state index is 11.3. The van der Waals surface area contributed by atoms with Gasteiger partial charge < -0.3 is 9.32 Å². The number of fused-ring (bicyclic) bond motifs is 3. The number of hydrogen-bond donors (Lipinski definition) is 1. The van der Waals surface area contributed by atoms with E-state index in [1.165, 1.54) is 30.6 Å².